The predicted octanol–water partition coefficient (Wildman–Crippen LogP) is 3.93. The van der Waals surface area contributed by atoms with Crippen LogP contribution in [0.2, 0.25) is 0 Å². The molecule has 58 valence electrons. The highest BCUT2D eigenvalue weighted by molar-refractivity contribution is 14.1. The lowest BCUT2D eigenvalue weighted by Crippen LogP contribution is -1.83. The van der Waals surface area contributed by atoms with Crippen LogP contribution in [0, 0.1) is 5.92 Å². The summed E-state index contributed by atoms with van der Waals surface area (Å²) in [6.07, 6.45) is 4.34. The van der Waals surface area contributed by atoms with Gasteiger partial charge in [0.05, 0.1) is 0 Å². The van der Waals surface area contributed by atoms with Crippen molar-refractivity contribution in [1.29, 1.82) is 0 Å². The lowest BCUT2D eigenvalue weighted by Gasteiger charge is -1.99. The van der Waals surface area contributed by atoms with Crippen LogP contribution in [0.1, 0.15) is 27.7 Å². The van der Waals surface area contributed by atoms with E-state index in [-0.39, 0.29) is 0 Å². The monoisotopic (exact) mass is 250 g/mol. The molecule has 0 rings (SSSR count). The van der Waals surface area contributed by atoms with Crippen molar-refractivity contribution in [3.05, 3.63) is 21.3 Å². The molecule has 0 aliphatic rings. The zero-order valence-electron chi connectivity index (χ0n) is 7.11. The largest absolute Gasteiger partial charge is 0.0764 e. The summed E-state index contributed by atoms with van der Waals surface area (Å²) >= 11 is 2.38. The number of hydrogen-bond donors (Lipinski definition) is 0. The van der Waals surface area contributed by atoms with E-state index >= 15 is 0 Å². The normalized spacial score (nSPS) is 12.0. The number of rotatable bonds is 2. The maximum Gasteiger partial charge on any atom is -0.00686 e. The Morgan fingerprint density at radius 1 is 1.20 bits per heavy atom. The molecule has 0 bridgehead atoms. The standard InChI is InChI=1S/C9H15I/c1-7(2)5-6-9(10)8(3)4/h5-6,8H,1-4H3/b9-6+. The van der Waals surface area contributed by atoms with Gasteiger partial charge in [-0.25, -0.2) is 0 Å². The first-order valence-corrected chi connectivity index (χ1v) is 4.62. The molecule has 0 atom stereocenters. The highest BCUT2D eigenvalue weighted by Gasteiger charge is 1.94. The van der Waals surface area contributed by atoms with Gasteiger partial charge in [-0.3, -0.25) is 0 Å². The van der Waals surface area contributed by atoms with Gasteiger partial charge in [-0.05, 0) is 45.9 Å². The van der Waals surface area contributed by atoms with E-state index in [4.69, 9.17) is 0 Å². The van der Waals surface area contributed by atoms with E-state index in [9.17, 15) is 0 Å². The minimum atomic E-state index is 0.663. The van der Waals surface area contributed by atoms with Crippen molar-refractivity contribution in [3.8, 4) is 0 Å². The van der Waals surface area contributed by atoms with E-state index in [1.807, 2.05) is 0 Å². The van der Waals surface area contributed by atoms with Gasteiger partial charge in [-0.1, -0.05) is 31.6 Å². The Balaban J connectivity index is 4.05. The van der Waals surface area contributed by atoms with Crippen LogP contribution in [0.3, 0.4) is 0 Å². The number of halogens is 1. The molecule has 0 aromatic heterocycles. The SMILES string of the molecule is CC(C)=C/C=C(/I)C(C)C. The molecular formula is C9H15I. The summed E-state index contributed by atoms with van der Waals surface area (Å²) < 4.78 is 1.42. The van der Waals surface area contributed by atoms with Crippen LogP contribution < -0.4 is 0 Å². The molecule has 0 aromatic rings. The molecule has 0 unspecified atom stereocenters. The van der Waals surface area contributed by atoms with Crippen LogP contribution in [0.5, 0.6) is 0 Å². The summed E-state index contributed by atoms with van der Waals surface area (Å²) in [5.41, 5.74) is 1.36. The molecule has 0 saturated heterocycles. The molecule has 0 aromatic carbocycles. The van der Waals surface area contributed by atoms with Crippen molar-refractivity contribution in [2.24, 2.45) is 5.92 Å². The van der Waals surface area contributed by atoms with Gasteiger partial charge < -0.3 is 0 Å². The second-order valence-corrected chi connectivity index (χ2v) is 4.20. The quantitative estimate of drug-likeness (QED) is 0.514. The fourth-order valence-electron chi connectivity index (χ4n) is 0.439. The third kappa shape index (κ3) is 5.03. The Morgan fingerprint density at radius 3 is 2.00 bits per heavy atom. The summed E-state index contributed by atoms with van der Waals surface area (Å²) in [4.78, 5) is 0. The summed E-state index contributed by atoms with van der Waals surface area (Å²) in [5.74, 6) is 0.663. The Hall–Kier alpha value is 0.210. The Bertz CT molecular complexity index is 148. The number of hydrogen-bond acceptors (Lipinski definition) is 0. The zero-order chi connectivity index (χ0) is 8.15. The Kier molecular flexibility index (Phi) is 5.04. The van der Waals surface area contributed by atoms with Gasteiger partial charge in [0.25, 0.3) is 0 Å². The molecule has 0 spiro atoms. The maximum atomic E-state index is 2.38. The average Bonchev–Trinajstić information content (AvgIpc) is 1.82. The van der Waals surface area contributed by atoms with Crippen molar-refractivity contribution < 1.29 is 0 Å². The van der Waals surface area contributed by atoms with Gasteiger partial charge in [0.2, 0.25) is 0 Å². The van der Waals surface area contributed by atoms with E-state index in [1.54, 1.807) is 0 Å². The molecule has 0 aliphatic carbocycles. The van der Waals surface area contributed by atoms with Crippen molar-refractivity contribution >= 4 is 22.6 Å². The lowest BCUT2D eigenvalue weighted by molar-refractivity contribution is 0.825. The van der Waals surface area contributed by atoms with E-state index in [0.717, 1.165) is 0 Å². The van der Waals surface area contributed by atoms with Crippen LogP contribution >= 0.6 is 22.6 Å². The maximum absolute atomic E-state index is 2.38. The smallest absolute Gasteiger partial charge is 0.00686 e. The fourth-order valence-corrected chi connectivity index (χ4v) is 0.619. The molecule has 0 nitrogen and oxygen atoms in total. The zero-order valence-corrected chi connectivity index (χ0v) is 9.27. The van der Waals surface area contributed by atoms with Gasteiger partial charge >= 0.3 is 0 Å². The second-order valence-electron chi connectivity index (χ2n) is 2.95. The molecule has 0 amide bonds. The Labute approximate surface area is 77.5 Å². The molecular weight excluding hydrogens is 235 g/mol. The minimum absolute atomic E-state index is 0.663. The molecule has 0 N–H and O–H groups in total. The molecule has 0 heterocycles. The first kappa shape index (κ1) is 10.2. The van der Waals surface area contributed by atoms with Crippen molar-refractivity contribution in [2.45, 2.75) is 27.7 Å². The van der Waals surface area contributed by atoms with Gasteiger partial charge in [0, 0.05) is 0 Å². The van der Waals surface area contributed by atoms with Crippen LogP contribution in [-0.4, -0.2) is 0 Å². The molecule has 0 aliphatic heterocycles. The molecule has 10 heavy (non-hydrogen) atoms. The number of allylic oxidation sites excluding steroid dienone is 4. The van der Waals surface area contributed by atoms with Crippen LogP contribution in [0.25, 0.3) is 0 Å². The fraction of sp³-hybridized carbons (Fsp3) is 0.556. The highest BCUT2D eigenvalue weighted by atomic mass is 127. The van der Waals surface area contributed by atoms with Crippen molar-refractivity contribution in [2.75, 3.05) is 0 Å². The molecule has 0 fully saturated rings. The molecule has 1 heteroatoms. The summed E-state index contributed by atoms with van der Waals surface area (Å²) in [6, 6.07) is 0. The van der Waals surface area contributed by atoms with Crippen LogP contribution in [0.4, 0.5) is 0 Å². The van der Waals surface area contributed by atoms with Crippen molar-refractivity contribution in [3.63, 3.8) is 0 Å². The van der Waals surface area contributed by atoms with E-state index in [0.29, 0.717) is 5.92 Å². The highest BCUT2D eigenvalue weighted by Crippen LogP contribution is 2.17. The third-order valence-corrected chi connectivity index (χ3v) is 2.73. The van der Waals surface area contributed by atoms with Gasteiger partial charge in [-0.2, -0.15) is 0 Å². The average molecular weight is 250 g/mol. The summed E-state index contributed by atoms with van der Waals surface area (Å²) in [6.45, 7) is 8.63. The summed E-state index contributed by atoms with van der Waals surface area (Å²) in [5, 5.41) is 0. The topological polar surface area (TPSA) is 0 Å². The predicted molar refractivity (Wildman–Crippen MR) is 56.4 cm³/mol. The van der Waals surface area contributed by atoms with Gasteiger partial charge in [0.1, 0.15) is 0 Å². The molecule has 0 radical (unpaired) electrons. The minimum Gasteiger partial charge on any atom is -0.0764 e. The van der Waals surface area contributed by atoms with E-state index in [1.165, 1.54) is 9.15 Å². The van der Waals surface area contributed by atoms with E-state index in [2.05, 4.69) is 62.4 Å². The molecule has 0 saturated carbocycles. The lowest BCUT2D eigenvalue weighted by atomic mass is 10.2. The van der Waals surface area contributed by atoms with Gasteiger partial charge in [-0.15, -0.1) is 0 Å². The van der Waals surface area contributed by atoms with Gasteiger partial charge in [0.15, 0.2) is 0 Å². The third-order valence-electron chi connectivity index (χ3n) is 1.13. The second kappa shape index (κ2) is 4.94. The van der Waals surface area contributed by atoms with E-state index < -0.39 is 0 Å². The van der Waals surface area contributed by atoms with Crippen LogP contribution in [-0.2, 0) is 0 Å². The van der Waals surface area contributed by atoms with Crippen molar-refractivity contribution in [1.82, 2.24) is 0 Å². The van der Waals surface area contributed by atoms with Crippen LogP contribution in [0.15, 0.2) is 21.3 Å². The first-order chi connectivity index (χ1) is 4.54. The Morgan fingerprint density at radius 2 is 1.70 bits per heavy atom. The first-order valence-electron chi connectivity index (χ1n) is 3.54. The summed E-state index contributed by atoms with van der Waals surface area (Å²) in [7, 11) is 0.